The van der Waals surface area contributed by atoms with E-state index in [4.69, 9.17) is 0 Å². The number of hydrogen-bond donors (Lipinski definition) is 2. The van der Waals surface area contributed by atoms with Crippen molar-refractivity contribution in [3.05, 3.63) is 77.4 Å². The Hall–Kier alpha value is -2.88. The third-order valence-corrected chi connectivity index (χ3v) is 4.82. The number of hydrogen-bond acceptors (Lipinski definition) is 2. The molecule has 0 saturated heterocycles. The molecule has 0 bridgehead atoms. The summed E-state index contributed by atoms with van der Waals surface area (Å²) in [5.41, 5.74) is 4.91. The lowest BCUT2D eigenvalue weighted by Gasteiger charge is -2.21. The Kier molecular flexibility index (Phi) is 6.07. The van der Waals surface area contributed by atoms with Gasteiger partial charge in [-0.1, -0.05) is 60.7 Å². The van der Waals surface area contributed by atoms with Gasteiger partial charge in [-0.3, -0.25) is 9.59 Å². The van der Waals surface area contributed by atoms with E-state index in [1.165, 1.54) is 23.6 Å². The van der Waals surface area contributed by atoms with E-state index < -0.39 is 6.04 Å². The molecule has 4 heteroatoms. The summed E-state index contributed by atoms with van der Waals surface area (Å²) in [6.07, 6.45) is 4.45. The van der Waals surface area contributed by atoms with E-state index in [2.05, 4.69) is 34.9 Å². The van der Waals surface area contributed by atoms with Crippen LogP contribution in [-0.2, 0) is 22.4 Å². The van der Waals surface area contributed by atoms with Crippen LogP contribution >= 0.6 is 0 Å². The maximum atomic E-state index is 12.8. The van der Waals surface area contributed by atoms with Crippen LogP contribution in [-0.4, -0.2) is 23.9 Å². The van der Waals surface area contributed by atoms with Crippen molar-refractivity contribution in [2.24, 2.45) is 0 Å². The monoisotopic (exact) mass is 362 g/mol. The molecule has 2 N–H and O–H groups in total. The predicted octanol–water partition coefficient (Wildman–Crippen LogP) is 3.27. The van der Waals surface area contributed by atoms with Crippen molar-refractivity contribution in [1.82, 2.24) is 10.6 Å². The van der Waals surface area contributed by atoms with Crippen LogP contribution in [0.25, 0.3) is 5.57 Å². The largest absolute Gasteiger partial charge is 0.352 e. The first-order chi connectivity index (χ1) is 13.0. The van der Waals surface area contributed by atoms with Crippen molar-refractivity contribution < 1.29 is 9.59 Å². The minimum Gasteiger partial charge on any atom is -0.352 e. The fourth-order valence-corrected chi connectivity index (χ4v) is 3.58. The van der Waals surface area contributed by atoms with Crippen molar-refractivity contribution in [3.63, 3.8) is 0 Å². The molecule has 27 heavy (non-hydrogen) atoms. The minimum atomic E-state index is -0.572. The molecule has 0 spiro atoms. The Morgan fingerprint density at radius 1 is 0.963 bits per heavy atom. The Labute approximate surface area is 160 Å². The predicted molar refractivity (Wildman–Crippen MR) is 108 cm³/mol. The molecule has 2 atom stereocenters. The molecule has 0 heterocycles. The van der Waals surface area contributed by atoms with Gasteiger partial charge in [0.2, 0.25) is 11.8 Å². The maximum absolute atomic E-state index is 12.8. The van der Waals surface area contributed by atoms with Crippen LogP contribution in [0, 0.1) is 0 Å². The van der Waals surface area contributed by atoms with Crippen LogP contribution in [0.3, 0.4) is 0 Å². The summed E-state index contributed by atoms with van der Waals surface area (Å²) >= 11 is 0. The summed E-state index contributed by atoms with van der Waals surface area (Å²) in [6, 6.07) is 17.5. The number of rotatable bonds is 7. The van der Waals surface area contributed by atoms with Gasteiger partial charge in [0, 0.05) is 19.4 Å². The molecular formula is C23H26N2O2. The van der Waals surface area contributed by atoms with Gasteiger partial charge in [0.1, 0.15) is 6.04 Å². The average Bonchev–Trinajstić information content (AvgIpc) is 3.04. The van der Waals surface area contributed by atoms with E-state index in [9.17, 15) is 9.59 Å². The zero-order valence-electron chi connectivity index (χ0n) is 15.9. The van der Waals surface area contributed by atoms with Gasteiger partial charge in [0.25, 0.3) is 0 Å². The quantitative estimate of drug-likeness (QED) is 0.794. The number of fused-ring (bicyclic) bond motifs is 1. The van der Waals surface area contributed by atoms with Crippen LogP contribution in [0.1, 0.15) is 37.0 Å². The fraction of sp³-hybridized carbons (Fsp3) is 0.304. The molecule has 3 rings (SSSR count). The van der Waals surface area contributed by atoms with E-state index in [-0.39, 0.29) is 17.9 Å². The van der Waals surface area contributed by atoms with Crippen LogP contribution in [0.15, 0.2) is 60.7 Å². The highest BCUT2D eigenvalue weighted by Gasteiger charge is 2.23. The third kappa shape index (κ3) is 5.07. The van der Waals surface area contributed by atoms with Gasteiger partial charge < -0.3 is 10.6 Å². The van der Waals surface area contributed by atoms with Crippen LogP contribution in [0.4, 0.5) is 0 Å². The minimum absolute atomic E-state index is 0.0121. The standard InChI is InChI=1S/C23H26N2O2/c1-16(14-20-13-12-19-10-6-7-11-21(19)20)24-23(27)22(25-17(2)26)15-18-8-4-3-5-9-18/h3-11,13,16,22H,12,14-15H2,1-2H3,(H,24,27)(H,25,26)/t16-,22-/m0/s1. The molecule has 1 aliphatic carbocycles. The Morgan fingerprint density at radius 2 is 1.67 bits per heavy atom. The summed E-state index contributed by atoms with van der Waals surface area (Å²) in [6.45, 7) is 3.45. The van der Waals surface area contributed by atoms with E-state index in [1.54, 1.807) is 0 Å². The molecule has 2 aromatic rings. The number of nitrogens with one attached hydrogen (secondary N) is 2. The lowest BCUT2D eigenvalue weighted by Crippen LogP contribution is -2.49. The topological polar surface area (TPSA) is 58.2 Å². The lowest BCUT2D eigenvalue weighted by atomic mass is 10.00. The highest BCUT2D eigenvalue weighted by atomic mass is 16.2. The van der Waals surface area contributed by atoms with Crippen molar-refractivity contribution >= 4 is 17.4 Å². The van der Waals surface area contributed by atoms with Crippen LogP contribution in [0.5, 0.6) is 0 Å². The molecule has 0 radical (unpaired) electrons. The first kappa shape index (κ1) is 18.9. The normalized spacial score (nSPS) is 14.7. The number of amides is 2. The Balaban J connectivity index is 1.62. The molecule has 0 unspecified atom stereocenters. The molecule has 0 aliphatic heterocycles. The molecule has 2 aromatic carbocycles. The van der Waals surface area contributed by atoms with Gasteiger partial charge in [-0.2, -0.15) is 0 Å². The fourth-order valence-electron chi connectivity index (χ4n) is 3.58. The van der Waals surface area contributed by atoms with Gasteiger partial charge in [-0.25, -0.2) is 0 Å². The van der Waals surface area contributed by atoms with Crippen molar-refractivity contribution in [1.29, 1.82) is 0 Å². The smallest absolute Gasteiger partial charge is 0.243 e. The summed E-state index contributed by atoms with van der Waals surface area (Å²) in [4.78, 5) is 24.3. The first-order valence-corrected chi connectivity index (χ1v) is 9.41. The first-order valence-electron chi connectivity index (χ1n) is 9.41. The average molecular weight is 362 g/mol. The summed E-state index contributed by atoms with van der Waals surface area (Å²) in [5, 5.41) is 5.85. The Morgan fingerprint density at radius 3 is 2.41 bits per heavy atom. The van der Waals surface area contributed by atoms with E-state index in [0.717, 1.165) is 18.4 Å². The second kappa shape index (κ2) is 8.67. The second-order valence-corrected chi connectivity index (χ2v) is 7.15. The molecule has 0 aromatic heterocycles. The summed E-state index contributed by atoms with van der Waals surface area (Å²) < 4.78 is 0. The summed E-state index contributed by atoms with van der Waals surface area (Å²) in [7, 11) is 0. The maximum Gasteiger partial charge on any atom is 0.243 e. The van der Waals surface area contributed by atoms with Crippen molar-refractivity contribution in [2.45, 2.75) is 45.2 Å². The van der Waals surface area contributed by atoms with Gasteiger partial charge in [-0.15, -0.1) is 0 Å². The molecule has 0 saturated carbocycles. The van der Waals surface area contributed by atoms with Crippen LogP contribution in [0.2, 0.25) is 0 Å². The van der Waals surface area contributed by atoms with Gasteiger partial charge >= 0.3 is 0 Å². The second-order valence-electron chi connectivity index (χ2n) is 7.15. The molecule has 0 fully saturated rings. The third-order valence-electron chi connectivity index (χ3n) is 4.82. The lowest BCUT2D eigenvalue weighted by molar-refractivity contribution is -0.128. The molecule has 4 nitrogen and oxygen atoms in total. The zero-order chi connectivity index (χ0) is 19.2. The molecule has 2 amide bonds. The highest BCUT2D eigenvalue weighted by Crippen LogP contribution is 2.30. The molecular weight excluding hydrogens is 336 g/mol. The van der Waals surface area contributed by atoms with E-state index >= 15 is 0 Å². The van der Waals surface area contributed by atoms with E-state index in [1.807, 2.05) is 43.3 Å². The number of benzene rings is 2. The molecule has 140 valence electrons. The van der Waals surface area contributed by atoms with Crippen molar-refractivity contribution in [2.75, 3.05) is 0 Å². The SMILES string of the molecule is CC(=O)N[C@@H](Cc1ccccc1)C(=O)N[C@@H](C)CC1=CCc2ccccc21. The van der Waals surface area contributed by atoms with E-state index in [0.29, 0.717) is 6.42 Å². The molecule has 1 aliphatic rings. The van der Waals surface area contributed by atoms with Crippen LogP contribution < -0.4 is 10.6 Å². The van der Waals surface area contributed by atoms with Crippen molar-refractivity contribution in [3.8, 4) is 0 Å². The Bertz CT molecular complexity index is 842. The summed E-state index contributed by atoms with van der Waals surface area (Å²) in [5.74, 6) is -0.348. The van der Waals surface area contributed by atoms with Gasteiger partial charge in [0.15, 0.2) is 0 Å². The number of allylic oxidation sites excluding steroid dienone is 1. The highest BCUT2D eigenvalue weighted by molar-refractivity contribution is 5.87. The van der Waals surface area contributed by atoms with Gasteiger partial charge in [0.05, 0.1) is 0 Å². The van der Waals surface area contributed by atoms with Gasteiger partial charge in [-0.05, 0) is 42.0 Å². The number of carbonyl (C=O) groups is 2. The number of carbonyl (C=O) groups excluding carboxylic acids is 2. The zero-order valence-corrected chi connectivity index (χ0v) is 15.9.